The molecular weight excluding hydrogens is 186 g/mol. The van der Waals surface area contributed by atoms with Crippen LogP contribution in [0.15, 0.2) is 24.3 Å². The Morgan fingerprint density at radius 3 is 2.40 bits per heavy atom. The van der Waals surface area contributed by atoms with Crippen molar-refractivity contribution in [2.45, 2.75) is 20.3 Å². The smallest absolute Gasteiger partial charge is 0.159 e. The highest BCUT2D eigenvalue weighted by Gasteiger charge is 2.24. The molecule has 0 unspecified atom stereocenters. The monoisotopic (exact) mass is 203 g/mol. The van der Waals surface area contributed by atoms with Gasteiger partial charge in [0.25, 0.3) is 0 Å². The maximum Gasteiger partial charge on any atom is 0.159 e. The van der Waals surface area contributed by atoms with Crippen molar-refractivity contribution in [1.82, 2.24) is 0 Å². The van der Waals surface area contributed by atoms with Gasteiger partial charge in [-0.05, 0) is 43.5 Å². The average Bonchev–Trinajstić information content (AvgIpc) is 2.17. The van der Waals surface area contributed by atoms with Crippen LogP contribution in [0.1, 0.15) is 30.6 Å². The van der Waals surface area contributed by atoms with Crippen LogP contribution in [0.3, 0.4) is 0 Å². The first-order valence-electron chi connectivity index (χ1n) is 5.56. The molecule has 1 fully saturated rings. The highest BCUT2D eigenvalue weighted by molar-refractivity contribution is 5.94. The minimum absolute atomic E-state index is 0.136. The Morgan fingerprint density at radius 1 is 1.33 bits per heavy atom. The lowest BCUT2D eigenvalue weighted by molar-refractivity contribution is 0.101. The van der Waals surface area contributed by atoms with E-state index in [1.54, 1.807) is 6.92 Å². The molecule has 1 aliphatic rings. The maximum atomic E-state index is 11.1. The Morgan fingerprint density at radius 2 is 1.93 bits per heavy atom. The van der Waals surface area contributed by atoms with Gasteiger partial charge in [0.05, 0.1) is 0 Å². The van der Waals surface area contributed by atoms with E-state index < -0.39 is 0 Å². The van der Waals surface area contributed by atoms with Crippen molar-refractivity contribution in [3.63, 3.8) is 0 Å². The van der Waals surface area contributed by atoms with Crippen LogP contribution in [-0.2, 0) is 0 Å². The quantitative estimate of drug-likeness (QED) is 0.704. The van der Waals surface area contributed by atoms with E-state index in [9.17, 15) is 4.79 Å². The van der Waals surface area contributed by atoms with Crippen molar-refractivity contribution in [2.75, 3.05) is 18.0 Å². The number of nitrogens with zero attached hydrogens (tertiary/aromatic N) is 1. The van der Waals surface area contributed by atoms with Crippen molar-refractivity contribution in [3.05, 3.63) is 29.8 Å². The van der Waals surface area contributed by atoms with Gasteiger partial charge in [-0.3, -0.25) is 4.79 Å². The molecule has 2 nitrogen and oxygen atoms in total. The van der Waals surface area contributed by atoms with Crippen molar-refractivity contribution >= 4 is 11.5 Å². The van der Waals surface area contributed by atoms with Crippen LogP contribution >= 0.6 is 0 Å². The molecule has 0 radical (unpaired) electrons. The molecule has 2 rings (SSSR count). The number of benzene rings is 1. The number of anilines is 1. The predicted molar refractivity (Wildman–Crippen MR) is 62.4 cm³/mol. The van der Waals surface area contributed by atoms with Crippen LogP contribution in [0.5, 0.6) is 0 Å². The van der Waals surface area contributed by atoms with Gasteiger partial charge in [0.15, 0.2) is 5.78 Å². The van der Waals surface area contributed by atoms with Gasteiger partial charge in [-0.25, -0.2) is 0 Å². The van der Waals surface area contributed by atoms with Crippen molar-refractivity contribution in [2.24, 2.45) is 5.92 Å². The molecule has 1 aromatic rings. The molecule has 1 heterocycles. The Kier molecular flexibility index (Phi) is 2.76. The molecule has 1 aliphatic heterocycles. The highest BCUT2D eigenvalue weighted by atomic mass is 16.1. The third-order valence-corrected chi connectivity index (χ3v) is 3.17. The van der Waals surface area contributed by atoms with Crippen molar-refractivity contribution in [1.29, 1.82) is 0 Å². The van der Waals surface area contributed by atoms with Gasteiger partial charge in [0.1, 0.15) is 0 Å². The fourth-order valence-electron chi connectivity index (χ4n) is 1.95. The van der Waals surface area contributed by atoms with Gasteiger partial charge in [-0.15, -0.1) is 0 Å². The normalized spacial score (nSPS) is 16.3. The van der Waals surface area contributed by atoms with Gasteiger partial charge >= 0.3 is 0 Å². The van der Waals surface area contributed by atoms with Crippen LogP contribution in [-0.4, -0.2) is 18.9 Å². The summed E-state index contributed by atoms with van der Waals surface area (Å²) in [5.74, 6) is 0.995. The largest absolute Gasteiger partial charge is 0.371 e. The number of carbonyl (C=O) groups excluding carboxylic acids is 1. The first-order valence-corrected chi connectivity index (χ1v) is 5.56. The summed E-state index contributed by atoms with van der Waals surface area (Å²) in [4.78, 5) is 13.5. The molecule has 0 spiro atoms. The molecule has 15 heavy (non-hydrogen) atoms. The Hall–Kier alpha value is -1.31. The molecule has 0 atom stereocenters. The lowest BCUT2D eigenvalue weighted by Gasteiger charge is -2.40. The zero-order valence-corrected chi connectivity index (χ0v) is 9.36. The van der Waals surface area contributed by atoms with Crippen LogP contribution in [0.4, 0.5) is 5.69 Å². The summed E-state index contributed by atoms with van der Waals surface area (Å²) in [5.41, 5.74) is 2.04. The molecular formula is C13H17NO. The van der Waals surface area contributed by atoms with Gasteiger partial charge in [-0.2, -0.15) is 0 Å². The van der Waals surface area contributed by atoms with Gasteiger partial charge < -0.3 is 4.90 Å². The third kappa shape index (κ3) is 2.04. The van der Waals surface area contributed by atoms with E-state index >= 15 is 0 Å². The summed E-state index contributed by atoms with van der Waals surface area (Å²) >= 11 is 0. The molecule has 1 aromatic carbocycles. The number of Topliss-reactive ketones (excluding diaryl/α,β-unsaturated/α-hetero) is 1. The van der Waals surface area contributed by atoms with Crippen LogP contribution < -0.4 is 4.90 Å². The first kappa shape index (κ1) is 10.2. The Labute approximate surface area is 90.9 Å². The van der Waals surface area contributed by atoms with Crippen LogP contribution in [0.2, 0.25) is 0 Å². The van der Waals surface area contributed by atoms with Crippen molar-refractivity contribution < 1.29 is 4.79 Å². The summed E-state index contributed by atoms with van der Waals surface area (Å²) in [7, 11) is 0. The van der Waals surface area contributed by atoms with E-state index in [1.165, 1.54) is 12.1 Å². The summed E-state index contributed by atoms with van der Waals surface area (Å²) < 4.78 is 0. The van der Waals surface area contributed by atoms with E-state index in [-0.39, 0.29) is 5.78 Å². The third-order valence-electron chi connectivity index (χ3n) is 3.17. The first-order chi connectivity index (χ1) is 7.20. The Balaban J connectivity index is 2.02. The van der Waals surface area contributed by atoms with Crippen LogP contribution in [0.25, 0.3) is 0 Å². The van der Waals surface area contributed by atoms with Gasteiger partial charge in [-0.1, -0.05) is 6.92 Å². The molecule has 2 heteroatoms. The fraction of sp³-hybridized carbons (Fsp3) is 0.462. The second-order valence-corrected chi connectivity index (χ2v) is 4.28. The summed E-state index contributed by atoms with van der Waals surface area (Å²) in [5, 5.41) is 0. The minimum atomic E-state index is 0.136. The average molecular weight is 203 g/mol. The number of ketones is 1. The number of hydrogen-bond acceptors (Lipinski definition) is 2. The van der Waals surface area contributed by atoms with E-state index in [0.717, 1.165) is 24.6 Å². The molecule has 80 valence electrons. The molecule has 0 bridgehead atoms. The SMILES string of the molecule is CCC1CN(c2ccc(C(C)=O)cc2)C1. The second kappa shape index (κ2) is 4.05. The van der Waals surface area contributed by atoms with E-state index in [0.29, 0.717) is 0 Å². The topological polar surface area (TPSA) is 20.3 Å². The number of carbonyl (C=O) groups is 1. The lowest BCUT2D eigenvalue weighted by atomic mass is 9.96. The molecule has 0 aromatic heterocycles. The Bertz CT molecular complexity index is 349. The molecule has 0 N–H and O–H groups in total. The zero-order valence-electron chi connectivity index (χ0n) is 9.36. The standard InChI is InChI=1S/C13H17NO/c1-3-11-8-14(9-11)13-6-4-12(5-7-13)10(2)15/h4-7,11H,3,8-9H2,1-2H3. The van der Waals surface area contributed by atoms with Crippen LogP contribution in [0, 0.1) is 5.92 Å². The second-order valence-electron chi connectivity index (χ2n) is 4.28. The summed E-state index contributed by atoms with van der Waals surface area (Å²) in [6.07, 6.45) is 1.27. The van der Waals surface area contributed by atoms with Gasteiger partial charge in [0, 0.05) is 24.3 Å². The maximum absolute atomic E-state index is 11.1. The van der Waals surface area contributed by atoms with Crippen molar-refractivity contribution in [3.8, 4) is 0 Å². The van der Waals surface area contributed by atoms with E-state index in [4.69, 9.17) is 0 Å². The summed E-state index contributed by atoms with van der Waals surface area (Å²) in [6.45, 7) is 6.17. The lowest BCUT2D eigenvalue weighted by Crippen LogP contribution is -2.46. The highest BCUT2D eigenvalue weighted by Crippen LogP contribution is 2.26. The number of rotatable bonds is 3. The predicted octanol–water partition coefficient (Wildman–Crippen LogP) is 2.74. The minimum Gasteiger partial charge on any atom is -0.371 e. The zero-order chi connectivity index (χ0) is 10.8. The molecule has 1 saturated heterocycles. The summed E-state index contributed by atoms with van der Waals surface area (Å²) in [6, 6.07) is 7.92. The number of hydrogen-bond donors (Lipinski definition) is 0. The van der Waals surface area contributed by atoms with Gasteiger partial charge in [0.2, 0.25) is 0 Å². The molecule has 0 amide bonds. The van der Waals surface area contributed by atoms with E-state index in [1.807, 2.05) is 24.3 Å². The van der Waals surface area contributed by atoms with E-state index in [2.05, 4.69) is 11.8 Å². The molecule has 0 saturated carbocycles. The molecule has 0 aliphatic carbocycles. The fourth-order valence-corrected chi connectivity index (χ4v) is 1.95.